The van der Waals surface area contributed by atoms with Gasteiger partial charge in [0.05, 0.1) is 10.6 Å². The molecule has 0 aliphatic rings. The summed E-state index contributed by atoms with van der Waals surface area (Å²) < 4.78 is 29.2. The van der Waals surface area contributed by atoms with Gasteiger partial charge in [-0.15, -0.1) is 0 Å². The summed E-state index contributed by atoms with van der Waals surface area (Å²) in [5.41, 5.74) is 3.28. The number of nitrogens with one attached hydrogen (secondary N) is 1. The van der Waals surface area contributed by atoms with Gasteiger partial charge >= 0.3 is 0 Å². The highest BCUT2D eigenvalue weighted by Crippen LogP contribution is 2.19. The van der Waals surface area contributed by atoms with E-state index in [1.165, 1.54) is 0 Å². The fourth-order valence-corrected chi connectivity index (χ4v) is 3.20. The molecule has 0 saturated heterocycles. The van der Waals surface area contributed by atoms with Crippen LogP contribution in [0.5, 0.6) is 0 Å². The fourth-order valence-electron chi connectivity index (χ4n) is 2.08. The lowest BCUT2D eigenvalue weighted by atomic mass is 10.1. The molecule has 0 aliphatic carbocycles. The highest BCUT2D eigenvalue weighted by atomic mass is 32.2. The Balaban J connectivity index is 1.96. The van der Waals surface area contributed by atoms with Crippen molar-refractivity contribution in [1.29, 1.82) is 0 Å². The number of rotatable bonds is 3. The second-order valence-electron chi connectivity index (χ2n) is 4.96. The molecule has 0 amide bonds. The quantitative estimate of drug-likeness (QED) is 0.809. The third-order valence-electron chi connectivity index (χ3n) is 3.43. The summed E-state index contributed by atoms with van der Waals surface area (Å²) in [6.07, 6.45) is 5.13. The largest absolute Gasteiger partial charge is 0.305 e. The second-order valence-corrected chi connectivity index (χ2v) is 6.64. The fraction of sp³-hybridized carbons (Fsp3) is 0.133. The van der Waals surface area contributed by atoms with E-state index in [4.69, 9.17) is 0 Å². The van der Waals surface area contributed by atoms with Gasteiger partial charge in [0, 0.05) is 18.6 Å². The number of aromatic nitrogens is 2. The Labute approximate surface area is 123 Å². The van der Waals surface area contributed by atoms with Crippen LogP contribution in [-0.4, -0.2) is 17.8 Å². The second kappa shape index (κ2) is 4.89. The summed E-state index contributed by atoms with van der Waals surface area (Å²) >= 11 is 0. The average Bonchev–Trinajstić information content (AvgIpc) is 2.88. The molecular weight excluding hydrogens is 286 g/mol. The normalized spacial score (nSPS) is 11.7. The third kappa shape index (κ3) is 2.62. The zero-order valence-corrected chi connectivity index (χ0v) is 12.6. The van der Waals surface area contributed by atoms with Crippen molar-refractivity contribution in [1.82, 2.24) is 9.38 Å². The van der Waals surface area contributed by atoms with Gasteiger partial charge in [0.1, 0.15) is 5.65 Å². The number of aryl methyl sites for hydroxylation is 2. The summed E-state index contributed by atoms with van der Waals surface area (Å²) in [6.45, 7) is 3.85. The summed E-state index contributed by atoms with van der Waals surface area (Å²) in [4.78, 5) is 4.38. The Bertz CT molecular complexity index is 914. The Kier molecular flexibility index (Phi) is 3.17. The molecule has 0 unspecified atom stereocenters. The van der Waals surface area contributed by atoms with Crippen molar-refractivity contribution in [2.24, 2.45) is 0 Å². The van der Waals surface area contributed by atoms with Crippen molar-refractivity contribution in [3.05, 3.63) is 60.0 Å². The molecular formula is C15H15N3O2S. The molecule has 5 nitrogen and oxygen atoms in total. The van der Waals surface area contributed by atoms with Crippen molar-refractivity contribution in [3.8, 4) is 0 Å². The van der Waals surface area contributed by atoms with Gasteiger partial charge < -0.3 is 4.40 Å². The summed E-state index contributed by atoms with van der Waals surface area (Å²) in [7, 11) is -3.59. The van der Waals surface area contributed by atoms with Crippen LogP contribution in [0.2, 0.25) is 0 Å². The highest BCUT2D eigenvalue weighted by molar-refractivity contribution is 7.92. The Morgan fingerprint density at radius 1 is 1.10 bits per heavy atom. The van der Waals surface area contributed by atoms with Gasteiger partial charge in [0.15, 0.2) is 0 Å². The predicted molar refractivity (Wildman–Crippen MR) is 81.9 cm³/mol. The number of sulfonamides is 1. The van der Waals surface area contributed by atoms with Crippen molar-refractivity contribution < 1.29 is 8.42 Å². The van der Waals surface area contributed by atoms with E-state index in [1.807, 2.05) is 19.9 Å². The van der Waals surface area contributed by atoms with Crippen LogP contribution in [0.1, 0.15) is 11.1 Å². The first kappa shape index (κ1) is 13.6. The van der Waals surface area contributed by atoms with Crippen molar-refractivity contribution >= 4 is 21.4 Å². The van der Waals surface area contributed by atoms with Gasteiger partial charge in [0.2, 0.25) is 0 Å². The number of anilines is 1. The zero-order valence-electron chi connectivity index (χ0n) is 11.7. The molecule has 2 heterocycles. The maximum absolute atomic E-state index is 12.4. The topological polar surface area (TPSA) is 63.5 Å². The van der Waals surface area contributed by atoms with Crippen LogP contribution in [0, 0.1) is 13.8 Å². The molecule has 0 aliphatic heterocycles. The molecule has 0 radical (unpaired) electrons. The van der Waals surface area contributed by atoms with Crippen LogP contribution in [0.25, 0.3) is 5.65 Å². The molecule has 108 valence electrons. The van der Waals surface area contributed by atoms with E-state index in [0.717, 1.165) is 16.8 Å². The molecule has 0 bridgehead atoms. The Morgan fingerprint density at radius 3 is 2.67 bits per heavy atom. The Hall–Kier alpha value is -2.34. The molecule has 0 atom stereocenters. The number of benzene rings is 1. The number of hydrogen-bond acceptors (Lipinski definition) is 3. The van der Waals surface area contributed by atoms with Crippen LogP contribution in [0.4, 0.5) is 5.69 Å². The van der Waals surface area contributed by atoms with Gasteiger partial charge in [0.25, 0.3) is 10.0 Å². The molecule has 0 spiro atoms. The first-order valence-electron chi connectivity index (χ1n) is 6.48. The molecule has 0 fully saturated rings. The van der Waals surface area contributed by atoms with E-state index < -0.39 is 10.0 Å². The number of nitrogens with zero attached hydrogens (tertiary/aromatic N) is 2. The lowest BCUT2D eigenvalue weighted by Crippen LogP contribution is -2.13. The molecule has 6 heteroatoms. The summed E-state index contributed by atoms with van der Waals surface area (Å²) in [6, 6.07) is 8.55. The number of pyridine rings is 1. The lowest BCUT2D eigenvalue weighted by Gasteiger charge is -2.10. The van der Waals surface area contributed by atoms with E-state index >= 15 is 0 Å². The van der Waals surface area contributed by atoms with Gasteiger partial charge in [-0.25, -0.2) is 13.4 Å². The van der Waals surface area contributed by atoms with E-state index in [9.17, 15) is 8.42 Å². The molecule has 21 heavy (non-hydrogen) atoms. The summed E-state index contributed by atoms with van der Waals surface area (Å²) in [5, 5.41) is 0. The van der Waals surface area contributed by atoms with E-state index in [1.54, 1.807) is 47.3 Å². The SMILES string of the molecule is Cc1ccc(S(=O)(=O)Nc2ccc3nccn3c2)cc1C. The van der Waals surface area contributed by atoms with Crippen LogP contribution < -0.4 is 4.72 Å². The predicted octanol–water partition coefficient (Wildman–Crippen LogP) is 2.75. The van der Waals surface area contributed by atoms with Gasteiger partial charge in [-0.1, -0.05) is 6.07 Å². The monoisotopic (exact) mass is 301 g/mol. The molecule has 1 aromatic carbocycles. The first-order valence-corrected chi connectivity index (χ1v) is 7.97. The minimum absolute atomic E-state index is 0.260. The number of hydrogen-bond donors (Lipinski definition) is 1. The lowest BCUT2D eigenvalue weighted by molar-refractivity contribution is 0.601. The van der Waals surface area contributed by atoms with Crippen molar-refractivity contribution in [3.63, 3.8) is 0 Å². The van der Waals surface area contributed by atoms with Gasteiger partial charge in [-0.05, 0) is 49.2 Å². The smallest absolute Gasteiger partial charge is 0.261 e. The van der Waals surface area contributed by atoms with Crippen LogP contribution in [-0.2, 0) is 10.0 Å². The molecule has 3 aromatic rings. The van der Waals surface area contributed by atoms with E-state index in [2.05, 4.69) is 9.71 Å². The standard InChI is InChI=1S/C15H15N3O2S/c1-11-3-5-14(9-12(11)2)21(19,20)17-13-4-6-15-16-7-8-18(15)10-13/h3-10,17H,1-2H3. The number of fused-ring (bicyclic) bond motifs is 1. The highest BCUT2D eigenvalue weighted by Gasteiger charge is 2.15. The molecule has 1 N–H and O–H groups in total. The molecule has 2 aromatic heterocycles. The first-order chi connectivity index (χ1) is 9.95. The van der Waals surface area contributed by atoms with Crippen LogP contribution in [0.3, 0.4) is 0 Å². The minimum atomic E-state index is -3.59. The zero-order chi connectivity index (χ0) is 15.0. The van der Waals surface area contributed by atoms with Gasteiger partial charge in [-0.2, -0.15) is 0 Å². The van der Waals surface area contributed by atoms with E-state index in [-0.39, 0.29) is 4.90 Å². The molecule has 0 saturated carbocycles. The average molecular weight is 301 g/mol. The Morgan fingerprint density at radius 2 is 1.90 bits per heavy atom. The van der Waals surface area contributed by atoms with Crippen molar-refractivity contribution in [2.75, 3.05) is 4.72 Å². The summed E-state index contributed by atoms with van der Waals surface area (Å²) in [5.74, 6) is 0. The molecule has 3 rings (SSSR count). The van der Waals surface area contributed by atoms with Crippen LogP contribution in [0.15, 0.2) is 53.8 Å². The maximum atomic E-state index is 12.4. The minimum Gasteiger partial charge on any atom is -0.305 e. The van der Waals surface area contributed by atoms with E-state index in [0.29, 0.717) is 5.69 Å². The number of imidazole rings is 1. The van der Waals surface area contributed by atoms with Gasteiger partial charge in [-0.3, -0.25) is 4.72 Å². The maximum Gasteiger partial charge on any atom is 0.261 e. The van der Waals surface area contributed by atoms with Crippen molar-refractivity contribution in [2.45, 2.75) is 18.7 Å². The third-order valence-corrected chi connectivity index (χ3v) is 4.81. The van der Waals surface area contributed by atoms with Crippen LogP contribution >= 0.6 is 0 Å².